The summed E-state index contributed by atoms with van der Waals surface area (Å²) in [5.41, 5.74) is 0.443. The summed E-state index contributed by atoms with van der Waals surface area (Å²) >= 11 is 0. The predicted octanol–water partition coefficient (Wildman–Crippen LogP) is 2.71. The molecular weight excluding hydrogens is 136 g/mol. The van der Waals surface area contributed by atoms with E-state index < -0.39 is 0 Å². The molecule has 1 heteroatoms. The van der Waals surface area contributed by atoms with Crippen LogP contribution in [0.5, 0.6) is 0 Å². The van der Waals surface area contributed by atoms with Crippen LogP contribution in [0.4, 0.5) is 0 Å². The van der Waals surface area contributed by atoms with Crippen molar-refractivity contribution >= 4 is 0 Å². The molecular formula is C10H20O. The molecule has 2 unspecified atom stereocenters. The van der Waals surface area contributed by atoms with Gasteiger partial charge in [-0.1, -0.05) is 27.7 Å². The second-order valence-electron chi connectivity index (χ2n) is 4.78. The first kappa shape index (κ1) is 9.05. The molecule has 66 valence electrons. The zero-order valence-corrected chi connectivity index (χ0v) is 8.18. The fourth-order valence-corrected chi connectivity index (χ4v) is 1.65. The van der Waals surface area contributed by atoms with Crippen LogP contribution >= 0.6 is 0 Å². The van der Waals surface area contributed by atoms with E-state index in [1.165, 1.54) is 6.42 Å². The Morgan fingerprint density at radius 2 is 2.00 bits per heavy atom. The molecule has 0 aromatic heterocycles. The molecule has 0 bridgehead atoms. The third-order valence-corrected chi connectivity index (χ3v) is 3.04. The summed E-state index contributed by atoms with van der Waals surface area (Å²) in [5, 5.41) is 0. The van der Waals surface area contributed by atoms with Gasteiger partial charge in [0.1, 0.15) is 0 Å². The maximum absolute atomic E-state index is 5.37. The van der Waals surface area contributed by atoms with Crippen LogP contribution in [0.2, 0.25) is 0 Å². The van der Waals surface area contributed by atoms with Crippen molar-refractivity contribution in [1.29, 1.82) is 0 Å². The highest BCUT2D eigenvalue weighted by Crippen LogP contribution is 2.35. The average molecular weight is 156 g/mol. The number of hydrogen-bond donors (Lipinski definition) is 0. The molecule has 1 aliphatic heterocycles. The van der Waals surface area contributed by atoms with Crippen LogP contribution in [0.3, 0.4) is 0 Å². The summed E-state index contributed by atoms with van der Waals surface area (Å²) in [6.45, 7) is 11.3. The van der Waals surface area contributed by atoms with Crippen molar-refractivity contribution in [3.63, 3.8) is 0 Å². The zero-order chi connectivity index (χ0) is 8.48. The summed E-state index contributed by atoms with van der Waals surface area (Å²) in [6, 6.07) is 0. The molecule has 0 aromatic carbocycles. The summed E-state index contributed by atoms with van der Waals surface area (Å²) < 4.78 is 5.37. The van der Waals surface area contributed by atoms with Crippen molar-refractivity contribution in [3.05, 3.63) is 0 Å². The van der Waals surface area contributed by atoms with E-state index in [-0.39, 0.29) is 0 Å². The van der Waals surface area contributed by atoms with Crippen LogP contribution in [0.25, 0.3) is 0 Å². The van der Waals surface area contributed by atoms with Gasteiger partial charge >= 0.3 is 0 Å². The van der Waals surface area contributed by atoms with Gasteiger partial charge in [-0.3, -0.25) is 0 Å². The van der Waals surface area contributed by atoms with Crippen molar-refractivity contribution in [1.82, 2.24) is 0 Å². The van der Waals surface area contributed by atoms with Crippen LogP contribution in [-0.2, 0) is 4.74 Å². The summed E-state index contributed by atoms with van der Waals surface area (Å²) in [7, 11) is 0. The molecule has 1 nitrogen and oxygen atoms in total. The largest absolute Gasteiger partial charge is 0.381 e. The van der Waals surface area contributed by atoms with Crippen LogP contribution < -0.4 is 0 Å². The Bertz CT molecular complexity index is 117. The van der Waals surface area contributed by atoms with Gasteiger partial charge in [-0.15, -0.1) is 0 Å². The number of rotatable bonds is 1. The molecule has 0 aromatic rings. The van der Waals surface area contributed by atoms with Gasteiger partial charge in [0.25, 0.3) is 0 Å². The maximum Gasteiger partial charge on any atom is 0.0497 e. The molecule has 0 aliphatic carbocycles. The smallest absolute Gasteiger partial charge is 0.0497 e. The first-order chi connectivity index (χ1) is 5.02. The number of ether oxygens (including phenoxy) is 1. The lowest BCUT2D eigenvalue weighted by atomic mass is 9.74. The van der Waals surface area contributed by atoms with Gasteiger partial charge in [0, 0.05) is 13.2 Å². The summed E-state index contributed by atoms with van der Waals surface area (Å²) in [4.78, 5) is 0. The molecule has 0 saturated carbocycles. The van der Waals surface area contributed by atoms with Crippen molar-refractivity contribution in [2.45, 2.75) is 34.1 Å². The minimum absolute atomic E-state index is 0.443. The lowest BCUT2D eigenvalue weighted by Gasteiger charge is -2.31. The Kier molecular flexibility index (Phi) is 2.58. The molecule has 1 heterocycles. The zero-order valence-electron chi connectivity index (χ0n) is 8.18. The van der Waals surface area contributed by atoms with E-state index in [1.807, 2.05) is 0 Å². The Morgan fingerprint density at radius 3 is 2.36 bits per heavy atom. The van der Waals surface area contributed by atoms with E-state index in [0.29, 0.717) is 5.41 Å². The van der Waals surface area contributed by atoms with Gasteiger partial charge < -0.3 is 4.74 Å². The second-order valence-corrected chi connectivity index (χ2v) is 4.78. The first-order valence-electron chi connectivity index (χ1n) is 4.59. The third kappa shape index (κ3) is 2.19. The van der Waals surface area contributed by atoms with Gasteiger partial charge in [-0.05, 0) is 23.7 Å². The quantitative estimate of drug-likeness (QED) is 0.567. The van der Waals surface area contributed by atoms with Crippen LogP contribution in [0.15, 0.2) is 0 Å². The average Bonchev–Trinajstić information content (AvgIpc) is 2.34. The predicted molar refractivity (Wildman–Crippen MR) is 47.5 cm³/mol. The van der Waals surface area contributed by atoms with Crippen LogP contribution in [0.1, 0.15) is 34.1 Å². The molecule has 1 fully saturated rings. The molecule has 1 saturated heterocycles. The van der Waals surface area contributed by atoms with E-state index in [9.17, 15) is 0 Å². The normalized spacial score (nSPS) is 28.9. The minimum atomic E-state index is 0.443. The minimum Gasteiger partial charge on any atom is -0.381 e. The maximum atomic E-state index is 5.37. The third-order valence-electron chi connectivity index (χ3n) is 3.04. The van der Waals surface area contributed by atoms with E-state index >= 15 is 0 Å². The number of hydrogen-bond acceptors (Lipinski definition) is 1. The molecule has 1 aliphatic rings. The van der Waals surface area contributed by atoms with Crippen LogP contribution in [-0.4, -0.2) is 13.2 Å². The second kappa shape index (κ2) is 3.14. The van der Waals surface area contributed by atoms with Crippen molar-refractivity contribution in [2.24, 2.45) is 17.3 Å². The van der Waals surface area contributed by atoms with Crippen molar-refractivity contribution < 1.29 is 4.74 Å². The van der Waals surface area contributed by atoms with Crippen LogP contribution in [0, 0.1) is 17.3 Å². The Morgan fingerprint density at radius 1 is 1.36 bits per heavy atom. The molecule has 2 atom stereocenters. The summed E-state index contributed by atoms with van der Waals surface area (Å²) in [5.74, 6) is 1.58. The lowest BCUT2D eigenvalue weighted by molar-refractivity contribution is 0.135. The van der Waals surface area contributed by atoms with E-state index in [0.717, 1.165) is 25.0 Å². The molecule has 0 radical (unpaired) electrons. The van der Waals surface area contributed by atoms with Gasteiger partial charge in [0.15, 0.2) is 0 Å². The summed E-state index contributed by atoms with van der Waals surface area (Å²) in [6.07, 6.45) is 1.26. The van der Waals surface area contributed by atoms with Gasteiger partial charge in [-0.25, -0.2) is 0 Å². The molecule has 0 N–H and O–H groups in total. The molecule has 1 rings (SSSR count). The monoisotopic (exact) mass is 156 g/mol. The molecule has 11 heavy (non-hydrogen) atoms. The van der Waals surface area contributed by atoms with Crippen molar-refractivity contribution in [3.8, 4) is 0 Å². The lowest BCUT2D eigenvalue weighted by Crippen LogP contribution is -2.25. The highest BCUT2D eigenvalue weighted by atomic mass is 16.5. The van der Waals surface area contributed by atoms with E-state index in [2.05, 4.69) is 27.7 Å². The Labute approximate surface area is 70.1 Å². The van der Waals surface area contributed by atoms with Gasteiger partial charge in [0.2, 0.25) is 0 Å². The highest BCUT2D eigenvalue weighted by Gasteiger charge is 2.30. The fourth-order valence-electron chi connectivity index (χ4n) is 1.65. The Balaban J connectivity index is 2.46. The Hall–Kier alpha value is -0.0400. The molecule has 0 spiro atoms. The van der Waals surface area contributed by atoms with Gasteiger partial charge in [-0.2, -0.15) is 0 Å². The van der Waals surface area contributed by atoms with Gasteiger partial charge in [0.05, 0.1) is 0 Å². The standard InChI is InChI=1S/C10H20O/c1-8(10(2,3)4)9-5-6-11-7-9/h8-9H,5-7H2,1-4H3. The first-order valence-corrected chi connectivity index (χ1v) is 4.59. The highest BCUT2D eigenvalue weighted by molar-refractivity contribution is 4.79. The molecule has 0 amide bonds. The topological polar surface area (TPSA) is 9.23 Å². The van der Waals surface area contributed by atoms with E-state index in [1.54, 1.807) is 0 Å². The van der Waals surface area contributed by atoms with E-state index in [4.69, 9.17) is 4.74 Å². The fraction of sp³-hybridized carbons (Fsp3) is 1.00. The SMILES string of the molecule is CC(C1CCOC1)C(C)(C)C. The van der Waals surface area contributed by atoms with Crippen molar-refractivity contribution in [2.75, 3.05) is 13.2 Å².